The third-order valence-electron chi connectivity index (χ3n) is 3.49. The number of non-ortho nitro benzene ring substituents is 1. The molecule has 1 amide bonds. The van der Waals surface area contributed by atoms with Crippen molar-refractivity contribution >= 4 is 46.3 Å². The number of ether oxygens (including phenoxy) is 1. The van der Waals surface area contributed by atoms with Crippen molar-refractivity contribution in [3.63, 3.8) is 0 Å². The number of amides is 1. The Hall–Kier alpha value is -4.29. The van der Waals surface area contributed by atoms with E-state index in [-0.39, 0.29) is 0 Å². The smallest absolute Gasteiger partial charge is 0.375 e. The number of esters is 1. The lowest BCUT2D eigenvalue weighted by atomic mass is 9.92. The Kier molecular flexibility index (Phi) is 7.73. The molecule has 1 N–H and O–H groups in total. The molecule has 0 spiro atoms. The van der Waals surface area contributed by atoms with Crippen LogP contribution < -0.4 is 5.32 Å². The third-order valence-corrected chi connectivity index (χ3v) is 3.49. The summed E-state index contributed by atoms with van der Waals surface area (Å²) in [5.74, 6) is -9.95. The number of nitrogens with one attached hydrogen (secondary N) is 1. The number of carbonyl (C=O) groups excluding carboxylic acids is 5. The van der Waals surface area contributed by atoms with E-state index >= 15 is 0 Å². The Labute approximate surface area is 168 Å². The SMILES string of the molecule is COC(=O)C(=O)[C@@H](C(=O)C=C(C)C)C(=O)C(=O)Nc1ccc([N+](=O)[O-])cc1[N+](=O)[O-]. The summed E-state index contributed by atoms with van der Waals surface area (Å²) >= 11 is 0. The van der Waals surface area contributed by atoms with Crippen LogP contribution in [0.4, 0.5) is 17.1 Å². The quantitative estimate of drug-likeness (QED) is 0.149. The highest BCUT2D eigenvalue weighted by atomic mass is 16.6. The molecular weight excluding hydrogens is 406 g/mol. The van der Waals surface area contributed by atoms with Gasteiger partial charge in [0, 0.05) is 6.07 Å². The van der Waals surface area contributed by atoms with Gasteiger partial charge in [0.15, 0.2) is 11.7 Å². The van der Waals surface area contributed by atoms with E-state index in [4.69, 9.17) is 0 Å². The van der Waals surface area contributed by atoms with Crippen molar-refractivity contribution in [2.75, 3.05) is 12.4 Å². The molecule has 0 fully saturated rings. The van der Waals surface area contributed by atoms with Crippen molar-refractivity contribution < 1.29 is 38.6 Å². The van der Waals surface area contributed by atoms with Gasteiger partial charge in [0.25, 0.3) is 23.1 Å². The van der Waals surface area contributed by atoms with Crippen LogP contribution in [0.1, 0.15) is 13.8 Å². The average molecular weight is 421 g/mol. The number of benzene rings is 1. The molecule has 0 aliphatic heterocycles. The van der Waals surface area contributed by atoms with Gasteiger partial charge in [-0.1, -0.05) is 5.57 Å². The fourth-order valence-corrected chi connectivity index (χ4v) is 2.17. The number of nitro benzene ring substituents is 2. The Bertz CT molecular complexity index is 991. The zero-order valence-corrected chi connectivity index (χ0v) is 15.9. The maximum Gasteiger partial charge on any atom is 0.375 e. The van der Waals surface area contributed by atoms with E-state index in [1.54, 1.807) is 0 Å². The Morgan fingerprint density at radius 2 is 1.63 bits per heavy atom. The molecule has 0 aliphatic rings. The van der Waals surface area contributed by atoms with Gasteiger partial charge in [-0.2, -0.15) is 0 Å². The van der Waals surface area contributed by atoms with Crippen molar-refractivity contribution in [1.82, 2.24) is 0 Å². The standard InChI is InChI=1S/C17H15N3O10/c1-8(2)6-12(21)13(15(23)17(25)30-3)14(22)16(24)18-10-5-4-9(19(26)27)7-11(10)20(28)29/h4-7,13H,1-3H3,(H,18,24)/t13-/m0/s1. The summed E-state index contributed by atoms with van der Waals surface area (Å²) in [5.41, 5.74) is -1.79. The molecule has 0 unspecified atom stereocenters. The second kappa shape index (κ2) is 9.77. The molecule has 0 radical (unpaired) electrons. The van der Waals surface area contributed by atoms with Crippen LogP contribution in [0.5, 0.6) is 0 Å². The summed E-state index contributed by atoms with van der Waals surface area (Å²) in [5, 5.41) is 23.7. The number of rotatable bonds is 9. The van der Waals surface area contributed by atoms with Crippen LogP contribution in [0.25, 0.3) is 0 Å². The molecule has 30 heavy (non-hydrogen) atoms. The topological polar surface area (TPSA) is 193 Å². The second-order valence-corrected chi connectivity index (χ2v) is 5.95. The first kappa shape index (κ1) is 23.7. The molecule has 0 aliphatic carbocycles. The van der Waals surface area contributed by atoms with Crippen molar-refractivity contribution in [2.24, 2.45) is 5.92 Å². The van der Waals surface area contributed by atoms with E-state index in [1.165, 1.54) is 13.8 Å². The van der Waals surface area contributed by atoms with Gasteiger partial charge in [0.2, 0.25) is 5.78 Å². The summed E-state index contributed by atoms with van der Waals surface area (Å²) in [6.45, 7) is 2.92. The van der Waals surface area contributed by atoms with Gasteiger partial charge in [0.05, 0.1) is 23.0 Å². The highest BCUT2D eigenvalue weighted by Gasteiger charge is 2.41. The largest absolute Gasteiger partial charge is 0.463 e. The minimum absolute atomic E-state index is 0.363. The average Bonchev–Trinajstić information content (AvgIpc) is 2.66. The van der Waals surface area contributed by atoms with Gasteiger partial charge >= 0.3 is 5.97 Å². The van der Waals surface area contributed by atoms with Crippen molar-refractivity contribution in [3.05, 3.63) is 50.1 Å². The van der Waals surface area contributed by atoms with Gasteiger partial charge < -0.3 is 10.1 Å². The van der Waals surface area contributed by atoms with Gasteiger partial charge in [0.1, 0.15) is 5.69 Å². The van der Waals surface area contributed by atoms with E-state index in [0.717, 1.165) is 25.3 Å². The fourth-order valence-electron chi connectivity index (χ4n) is 2.17. The normalized spacial score (nSPS) is 10.9. The van der Waals surface area contributed by atoms with E-state index < -0.39 is 62.1 Å². The summed E-state index contributed by atoms with van der Waals surface area (Å²) in [6, 6.07) is 2.18. The summed E-state index contributed by atoms with van der Waals surface area (Å²) < 4.78 is 4.18. The molecule has 13 nitrogen and oxygen atoms in total. The molecular formula is C17H15N3O10. The zero-order chi connectivity index (χ0) is 23.2. The van der Waals surface area contributed by atoms with Gasteiger partial charge in [-0.25, -0.2) is 4.79 Å². The number of nitrogens with zero attached hydrogens (tertiary/aromatic N) is 2. The van der Waals surface area contributed by atoms with Gasteiger partial charge in [-0.3, -0.25) is 39.4 Å². The summed E-state index contributed by atoms with van der Waals surface area (Å²) in [4.78, 5) is 80.4. The molecule has 0 saturated carbocycles. The van der Waals surface area contributed by atoms with Crippen LogP contribution in [0.3, 0.4) is 0 Å². The molecule has 0 heterocycles. The minimum Gasteiger partial charge on any atom is -0.463 e. The lowest BCUT2D eigenvalue weighted by Gasteiger charge is -2.11. The van der Waals surface area contributed by atoms with E-state index in [2.05, 4.69) is 4.74 Å². The van der Waals surface area contributed by atoms with Gasteiger partial charge in [-0.05, 0) is 26.0 Å². The predicted octanol–water partition coefficient (Wildman–Crippen LogP) is 0.904. The summed E-state index contributed by atoms with van der Waals surface area (Å²) in [6.07, 6.45) is 0.866. The van der Waals surface area contributed by atoms with Gasteiger partial charge in [-0.15, -0.1) is 0 Å². The first-order valence-electron chi connectivity index (χ1n) is 7.99. The van der Waals surface area contributed by atoms with E-state index in [0.29, 0.717) is 11.6 Å². The first-order valence-corrected chi connectivity index (χ1v) is 7.99. The van der Waals surface area contributed by atoms with Crippen LogP contribution in [0.2, 0.25) is 0 Å². The molecule has 1 aromatic carbocycles. The molecule has 0 saturated heterocycles. The monoisotopic (exact) mass is 421 g/mol. The number of Topliss-reactive ketones (excluding diaryl/α,β-unsaturated/α-hetero) is 2. The number of nitro groups is 2. The number of hydrogen-bond acceptors (Lipinski definition) is 10. The second-order valence-electron chi connectivity index (χ2n) is 5.95. The number of carbonyl (C=O) groups is 5. The number of allylic oxidation sites excluding steroid dienone is 2. The molecule has 13 heteroatoms. The number of hydrogen-bond donors (Lipinski definition) is 1. The Balaban J connectivity index is 3.31. The third kappa shape index (κ3) is 5.60. The Morgan fingerprint density at radius 3 is 2.10 bits per heavy atom. The van der Waals surface area contributed by atoms with Crippen LogP contribution in [0, 0.1) is 26.1 Å². The molecule has 0 bridgehead atoms. The lowest BCUT2D eigenvalue weighted by Crippen LogP contribution is -2.42. The number of methoxy groups -OCH3 is 1. The Morgan fingerprint density at radius 1 is 1.03 bits per heavy atom. The van der Waals surface area contributed by atoms with E-state index in [1.807, 2.05) is 5.32 Å². The number of anilines is 1. The molecule has 1 aromatic rings. The lowest BCUT2D eigenvalue weighted by molar-refractivity contribution is -0.393. The zero-order valence-electron chi connectivity index (χ0n) is 15.9. The maximum atomic E-state index is 12.4. The van der Waals surface area contributed by atoms with Crippen molar-refractivity contribution in [2.45, 2.75) is 13.8 Å². The summed E-state index contributed by atoms with van der Waals surface area (Å²) in [7, 11) is 0.827. The molecule has 0 aromatic heterocycles. The van der Waals surface area contributed by atoms with Crippen LogP contribution in [-0.2, 0) is 28.7 Å². The highest BCUT2D eigenvalue weighted by Crippen LogP contribution is 2.29. The predicted molar refractivity (Wildman–Crippen MR) is 98.3 cm³/mol. The van der Waals surface area contributed by atoms with Crippen molar-refractivity contribution in [1.29, 1.82) is 0 Å². The maximum absolute atomic E-state index is 12.4. The van der Waals surface area contributed by atoms with Crippen molar-refractivity contribution in [3.8, 4) is 0 Å². The van der Waals surface area contributed by atoms with E-state index in [9.17, 15) is 44.2 Å². The molecule has 158 valence electrons. The highest BCUT2D eigenvalue weighted by molar-refractivity contribution is 6.55. The van der Waals surface area contributed by atoms with Crippen LogP contribution >= 0.6 is 0 Å². The first-order chi connectivity index (χ1) is 13.9. The molecule has 1 rings (SSSR count). The van der Waals surface area contributed by atoms with Crippen LogP contribution in [0.15, 0.2) is 29.8 Å². The minimum atomic E-state index is -2.36. The van der Waals surface area contributed by atoms with Crippen LogP contribution in [-0.4, -0.2) is 46.2 Å². The number of ketones is 3. The molecule has 1 atom stereocenters. The fraction of sp³-hybridized carbons (Fsp3) is 0.235.